The third-order valence-corrected chi connectivity index (χ3v) is 22.7. The molecule has 0 saturated heterocycles. The molecule has 4 aliphatic rings. The van der Waals surface area contributed by atoms with Crippen molar-refractivity contribution in [1.82, 2.24) is 21.3 Å². The molecule has 2 amide bonds. The summed E-state index contributed by atoms with van der Waals surface area (Å²) in [6.07, 6.45) is 12.5. The number of fused-ring (bicyclic) bond motifs is 4. The first-order valence-corrected chi connectivity index (χ1v) is 41.6. The second-order valence-corrected chi connectivity index (χ2v) is 30.8. The molecule has 4 aliphatic carbocycles. The molecular weight excluding hydrogens is 1710 g/mol. The zero-order chi connectivity index (χ0) is 96.1. The first kappa shape index (κ1) is 102. The summed E-state index contributed by atoms with van der Waals surface area (Å²) in [4.78, 5) is 51.8. The van der Waals surface area contributed by atoms with Crippen LogP contribution in [0.25, 0.3) is 68.9 Å². The predicted octanol–water partition coefficient (Wildman–Crippen LogP) is 21.7. The number of phenolic OH excluding ortho intramolecular Hbond substituents is 2. The summed E-state index contributed by atoms with van der Waals surface area (Å²) in [6, 6.07) is 43.6. The lowest BCUT2D eigenvalue weighted by molar-refractivity contribution is -0.136. The number of carbonyl (C=O) groups excluding carboxylic acids is 2. The number of aliphatic hydroxyl groups excluding tert-OH is 1. The molecule has 24 nitrogen and oxygen atoms in total. The number of carbonyl (C=O) groups is 4. The van der Waals surface area contributed by atoms with Gasteiger partial charge in [-0.25, -0.2) is 17.6 Å². The van der Waals surface area contributed by atoms with Gasteiger partial charge in [0.1, 0.15) is 63.5 Å². The van der Waals surface area contributed by atoms with Crippen molar-refractivity contribution in [3.05, 3.63) is 317 Å². The third-order valence-electron chi connectivity index (χ3n) is 22.7. The highest BCUT2D eigenvalue weighted by atomic mass is 19.1. The number of nitrogens with zero attached hydrogens (tertiary/aromatic N) is 2. The van der Waals surface area contributed by atoms with Gasteiger partial charge in [0.2, 0.25) is 23.3 Å². The molecule has 0 unspecified atom stereocenters. The smallest absolute Gasteiger partial charge is 0.307 e. The van der Waals surface area contributed by atoms with Crippen LogP contribution in [0.1, 0.15) is 149 Å². The summed E-state index contributed by atoms with van der Waals surface area (Å²) >= 11 is 0. The minimum absolute atomic E-state index is 0. The maximum atomic E-state index is 14.2. The van der Waals surface area contributed by atoms with E-state index in [2.05, 4.69) is 5.32 Å². The third kappa shape index (κ3) is 24.2. The molecule has 0 fully saturated rings. The van der Waals surface area contributed by atoms with Crippen LogP contribution in [0.4, 0.5) is 17.6 Å². The number of nitrogens with one attached hydrogen (secondary N) is 1. The Morgan fingerprint density at radius 3 is 0.805 bits per heavy atom. The van der Waals surface area contributed by atoms with Crippen LogP contribution < -0.4 is 49.4 Å². The van der Waals surface area contributed by atoms with E-state index in [9.17, 15) is 57.2 Å². The van der Waals surface area contributed by atoms with E-state index in [0.717, 1.165) is 142 Å². The lowest BCUT2D eigenvalue weighted by atomic mass is 9.99. The van der Waals surface area contributed by atoms with Crippen LogP contribution in [0, 0.1) is 37.1 Å². The Labute approximate surface area is 770 Å². The van der Waals surface area contributed by atoms with Crippen molar-refractivity contribution >= 4 is 92.6 Å². The number of rotatable bonds is 26. The molecule has 8 aromatic carbocycles. The average molecular weight is 1820 g/mol. The molecule has 133 heavy (non-hydrogen) atoms. The van der Waals surface area contributed by atoms with Crippen LogP contribution in [0.5, 0.6) is 57.5 Å². The van der Waals surface area contributed by atoms with E-state index >= 15 is 0 Å². The molecule has 9 N–H and O–H groups in total. The fourth-order valence-corrected chi connectivity index (χ4v) is 15.9. The van der Waals surface area contributed by atoms with E-state index in [1.807, 2.05) is 121 Å². The van der Waals surface area contributed by atoms with E-state index in [1.54, 1.807) is 132 Å². The highest BCUT2D eigenvalue weighted by Crippen LogP contribution is 2.51. The van der Waals surface area contributed by atoms with E-state index < -0.39 is 17.8 Å². The Hall–Kier alpha value is -15.0. The molecule has 0 aliphatic heterocycles. The normalized spacial score (nSPS) is 13.6. The number of hydrogen-bond acceptors (Lipinski definition) is 20. The number of amides is 2. The van der Waals surface area contributed by atoms with Gasteiger partial charge >= 0.3 is 11.9 Å². The van der Waals surface area contributed by atoms with E-state index in [-0.39, 0.29) is 95.6 Å². The van der Waals surface area contributed by atoms with Crippen LogP contribution in [0.15, 0.2) is 212 Å². The van der Waals surface area contributed by atoms with Crippen LogP contribution >= 0.6 is 0 Å². The van der Waals surface area contributed by atoms with Crippen molar-refractivity contribution in [1.29, 1.82) is 0 Å². The minimum Gasteiger partial charge on any atom is -0.502 e. The highest BCUT2D eigenvalue weighted by molar-refractivity contribution is 6.12. The van der Waals surface area contributed by atoms with Gasteiger partial charge in [0.05, 0.1) is 121 Å². The van der Waals surface area contributed by atoms with Crippen LogP contribution in [0.3, 0.4) is 0 Å². The molecule has 28 heteroatoms. The van der Waals surface area contributed by atoms with Gasteiger partial charge < -0.3 is 97.9 Å². The van der Waals surface area contributed by atoms with Crippen molar-refractivity contribution in [3.8, 4) is 57.5 Å². The van der Waals surface area contributed by atoms with Gasteiger partial charge in [0.25, 0.3) is 0 Å². The number of halogens is 4. The van der Waals surface area contributed by atoms with Gasteiger partial charge in [-0.15, -0.1) is 0 Å². The number of carboxylic acids is 2. The van der Waals surface area contributed by atoms with Gasteiger partial charge in [-0.1, -0.05) is 24.3 Å². The Balaban J connectivity index is 0.000000193. The van der Waals surface area contributed by atoms with Crippen molar-refractivity contribution in [2.24, 2.45) is 0 Å². The molecule has 3 aromatic heterocycles. The van der Waals surface area contributed by atoms with Crippen LogP contribution in [-0.4, -0.2) is 144 Å². The Morgan fingerprint density at radius 1 is 0.353 bits per heavy atom. The number of benzene rings is 8. The summed E-state index contributed by atoms with van der Waals surface area (Å²) in [5.74, 6) is 2.51. The van der Waals surface area contributed by atoms with E-state index in [0.29, 0.717) is 69.5 Å². The average Bonchev–Trinajstić information content (AvgIpc) is 1.66. The minimum atomic E-state index is -0.978. The number of ether oxygens (including phenoxy) is 8. The maximum absolute atomic E-state index is 14.2. The van der Waals surface area contributed by atoms with E-state index in [4.69, 9.17) is 56.3 Å². The van der Waals surface area contributed by atoms with Gasteiger partial charge in [-0.05, 0) is 340 Å². The number of allylic oxidation sites excluding steroid dienone is 8. The summed E-state index contributed by atoms with van der Waals surface area (Å²) in [7, 11) is 18.6. The predicted molar refractivity (Wildman–Crippen MR) is 507 cm³/mol. The summed E-state index contributed by atoms with van der Waals surface area (Å²) in [6.45, 7) is 13.0. The molecule has 0 atom stereocenters. The zero-order valence-electron chi connectivity index (χ0n) is 77.5. The molecule has 0 bridgehead atoms. The summed E-state index contributed by atoms with van der Waals surface area (Å²) in [5, 5.41) is 48.7. The Bertz CT molecular complexity index is 5890. The highest BCUT2D eigenvalue weighted by Gasteiger charge is 2.32. The van der Waals surface area contributed by atoms with Crippen molar-refractivity contribution in [3.63, 3.8) is 0 Å². The monoisotopic (exact) mass is 1820 g/mol. The number of carboxylic acid groups (broad SMARTS) is 2. The van der Waals surface area contributed by atoms with E-state index in [1.165, 1.54) is 77.0 Å². The fourth-order valence-electron chi connectivity index (χ4n) is 15.9. The molecule has 0 spiro atoms. The lowest BCUT2D eigenvalue weighted by Crippen LogP contribution is -2.26. The van der Waals surface area contributed by atoms with Gasteiger partial charge in [0, 0.05) is 32.3 Å². The summed E-state index contributed by atoms with van der Waals surface area (Å²) in [5.41, 5.74) is 20.7. The fraction of sp³-hybridized carbons (Fsp3) is 0.238. The van der Waals surface area contributed by atoms with Crippen molar-refractivity contribution in [2.45, 2.75) is 86.9 Å². The van der Waals surface area contributed by atoms with Gasteiger partial charge in [-0.3, -0.25) is 19.2 Å². The number of aliphatic carboxylic acids is 2. The second-order valence-electron chi connectivity index (χ2n) is 30.8. The summed E-state index contributed by atoms with van der Waals surface area (Å²) < 4.78 is 114. The molecule has 15 rings (SSSR count). The number of furan rings is 3. The second kappa shape index (κ2) is 46.5. The lowest BCUT2D eigenvalue weighted by Gasteiger charge is -2.17. The quantitative estimate of drug-likeness (QED) is 0.0248. The number of methoxy groups -OCH3 is 8. The first-order valence-electron chi connectivity index (χ1n) is 41.6. The molecular formula is C105H110F4N4O20. The Kier molecular flexibility index (Phi) is 35.6. The number of phenols is 2. The topological polar surface area (TPSA) is 336 Å². The number of hydrogen-bond donors (Lipinski definition) is 7. The van der Waals surface area contributed by atoms with Crippen molar-refractivity contribution in [2.75, 3.05) is 85.1 Å². The van der Waals surface area contributed by atoms with Crippen molar-refractivity contribution < 1.29 is 113 Å². The zero-order valence-corrected chi connectivity index (χ0v) is 77.5. The van der Waals surface area contributed by atoms with Crippen LogP contribution in [0.2, 0.25) is 0 Å². The molecule has 698 valence electrons. The molecule has 11 aromatic rings. The SMILES string of the molecule is CNCc1ccco1.CO.COc1cc(/C=C2/C(C)=C(CC(=O)N(C)Cc3ccco3)c3cc(F)ccc32)cc(OC)c1C.COc1cc(/C=C2/C(C)=C(CC(=O)N(C)Cc3ccco3)c3cc(F)ccc32)cc(OC)c1O.COc1cc(/C=C2/C(C)=C(CC(=O)O)c3cc(F)ccc32)cc(OC)c1C.COc1cc(/C=C2/C(C)=C(CC(=O)O)c3cc(F)ccc32)cc(OC)c1O.N. The van der Waals surface area contributed by atoms with Gasteiger partial charge in [-0.2, -0.15) is 0 Å². The largest absolute Gasteiger partial charge is 0.502 e. The molecule has 3 heterocycles. The standard InChI is InChI=1S/C28H28FNO4.C27H26FNO5.C22H21FO4.C21H19FO5.C6H9NO.CH4O.H3N/c1-17-23(11-19-12-26(32-4)18(2)27(13-19)33-5)22-9-8-20(29)14-25(22)24(17)15-28(31)30(3)16-21-7-6-10-34-21;1-16-21(10-17-11-24(32-3)27(31)25(12-17)33-4)20-8-7-18(28)13-23(20)22(16)14-26(30)29(2)15-19-6-5-9-34-19;1-12-17(7-14-8-20(26-3)13(2)21(9-14)27-4)16-6-5-15(23)10-19(16)18(12)11-22(24)25;1-11-15(6-12-7-18(26-2)21(25)19(8-12)27-3)14-5-4-13(22)9-17(14)16(11)10-20(23)24;1-7-5-6-3-2-4-8-6;1-2;/h6-14H,15-16H2,1-5H3;5-13,31H,14-15H2,1-4H3;5-10H,11H2,1-4H3,(H,24,25);4-9,25H,10H2,1-3H3,(H,23,24);2-4,7H,5H2,1H3;2H,1H3;1H3/b23-11-;21-10-;17-7-;15-6-;;;. The first-order chi connectivity index (χ1) is 63.3. The van der Waals surface area contributed by atoms with Gasteiger partial charge in [0.15, 0.2) is 23.0 Å². The van der Waals surface area contributed by atoms with Crippen LogP contribution in [-0.2, 0) is 38.8 Å². The molecule has 0 radical (unpaired) electrons. The Morgan fingerprint density at radius 2 is 0.586 bits per heavy atom. The number of aliphatic hydroxyl groups is 1. The maximum Gasteiger partial charge on any atom is 0.307 e. The molecule has 0 saturated carbocycles. The number of aromatic hydroxyl groups is 2.